The molecule has 1 aromatic heterocycles. The Labute approximate surface area is 155 Å². The van der Waals surface area contributed by atoms with Gasteiger partial charge in [-0.1, -0.05) is 17.3 Å². The van der Waals surface area contributed by atoms with E-state index >= 15 is 0 Å². The van der Waals surface area contributed by atoms with Crippen LogP contribution in [0.4, 0.5) is 5.69 Å². The Balaban J connectivity index is 1.60. The van der Waals surface area contributed by atoms with E-state index in [4.69, 9.17) is 18.7 Å². The molecule has 4 rings (SSSR count). The molecular formula is C19H17N3O5. The average molecular weight is 367 g/mol. The van der Waals surface area contributed by atoms with E-state index in [1.807, 2.05) is 30.3 Å². The number of carbonyl (C=O) groups excluding carboxylic acids is 1. The molecule has 3 aromatic rings. The number of nitrogens with zero attached hydrogens (tertiary/aromatic N) is 3. The topological polar surface area (TPSA) is 86.9 Å². The summed E-state index contributed by atoms with van der Waals surface area (Å²) in [5, 5.41) is 4.01. The van der Waals surface area contributed by atoms with E-state index in [2.05, 4.69) is 10.1 Å². The van der Waals surface area contributed by atoms with Crippen LogP contribution >= 0.6 is 0 Å². The van der Waals surface area contributed by atoms with Gasteiger partial charge in [0.15, 0.2) is 18.1 Å². The van der Waals surface area contributed by atoms with Crippen molar-refractivity contribution in [3.05, 3.63) is 48.4 Å². The molecule has 0 saturated heterocycles. The predicted octanol–water partition coefficient (Wildman–Crippen LogP) is 2.68. The van der Waals surface area contributed by atoms with Gasteiger partial charge in [-0.25, -0.2) is 0 Å². The SMILES string of the molecule is COc1ccc(-c2noc(CN3C(=O)COc4ccccc43)n2)cc1OC. The van der Waals surface area contributed by atoms with Crippen molar-refractivity contribution in [1.82, 2.24) is 10.1 Å². The highest BCUT2D eigenvalue weighted by Gasteiger charge is 2.27. The lowest BCUT2D eigenvalue weighted by atomic mass is 10.2. The summed E-state index contributed by atoms with van der Waals surface area (Å²) in [5.41, 5.74) is 1.40. The molecule has 2 heterocycles. The fourth-order valence-corrected chi connectivity index (χ4v) is 2.87. The van der Waals surface area contributed by atoms with Crippen LogP contribution in [0.25, 0.3) is 11.4 Å². The van der Waals surface area contributed by atoms with Crippen LogP contribution in [0.3, 0.4) is 0 Å². The highest BCUT2D eigenvalue weighted by Crippen LogP contribution is 2.33. The van der Waals surface area contributed by atoms with Crippen molar-refractivity contribution in [1.29, 1.82) is 0 Å². The number of benzene rings is 2. The molecule has 0 bridgehead atoms. The van der Waals surface area contributed by atoms with Gasteiger partial charge >= 0.3 is 0 Å². The Bertz CT molecular complexity index is 985. The van der Waals surface area contributed by atoms with E-state index in [0.29, 0.717) is 34.7 Å². The number of aromatic nitrogens is 2. The van der Waals surface area contributed by atoms with Crippen molar-refractivity contribution in [3.63, 3.8) is 0 Å². The van der Waals surface area contributed by atoms with Gasteiger partial charge in [-0.05, 0) is 30.3 Å². The van der Waals surface area contributed by atoms with Crippen molar-refractivity contribution < 1.29 is 23.5 Å². The third-order valence-electron chi connectivity index (χ3n) is 4.21. The van der Waals surface area contributed by atoms with Crippen LogP contribution in [0, 0.1) is 0 Å². The molecule has 0 radical (unpaired) electrons. The first-order valence-corrected chi connectivity index (χ1v) is 8.27. The summed E-state index contributed by atoms with van der Waals surface area (Å²) in [4.78, 5) is 18.3. The van der Waals surface area contributed by atoms with Gasteiger partial charge in [0, 0.05) is 5.56 Å². The van der Waals surface area contributed by atoms with Gasteiger partial charge in [-0.3, -0.25) is 9.69 Å². The molecule has 0 saturated carbocycles. The van der Waals surface area contributed by atoms with Gasteiger partial charge in [-0.2, -0.15) is 4.98 Å². The second-order valence-corrected chi connectivity index (χ2v) is 5.82. The highest BCUT2D eigenvalue weighted by molar-refractivity contribution is 5.97. The summed E-state index contributed by atoms with van der Waals surface area (Å²) in [6, 6.07) is 12.7. The third-order valence-corrected chi connectivity index (χ3v) is 4.21. The molecule has 1 aliphatic rings. The number of hydrogen-bond acceptors (Lipinski definition) is 7. The first kappa shape index (κ1) is 16.9. The number of methoxy groups -OCH3 is 2. The molecule has 8 heteroatoms. The predicted molar refractivity (Wildman–Crippen MR) is 96.0 cm³/mol. The van der Waals surface area contributed by atoms with Crippen LogP contribution in [0.5, 0.6) is 17.2 Å². The zero-order valence-corrected chi connectivity index (χ0v) is 14.8. The van der Waals surface area contributed by atoms with E-state index in [-0.39, 0.29) is 19.1 Å². The molecule has 0 aliphatic carbocycles. The Hall–Kier alpha value is -3.55. The maximum absolute atomic E-state index is 12.3. The zero-order chi connectivity index (χ0) is 18.8. The van der Waals surface area contributed by atoms with Crippen LogP contribution in [0.2, 0.25) is 0 Å². The Kier molecular flexibility index (Phi) is 4.37. The fraction of sp³-hybridized carbons (Fsp3) is 0.211. The molecule has 8 nitrogen and oxygen atoms in total. The molecule has 1 aliphatic heterocycles. The van der Waals surface area contributed by atoms with Crippen LogP contribution in [-0.4, -0.2) is 36.9 Å². The maximum Gasteiger partial charge on any atom is 0.265 e. The summed E-state index contributed by atoms with van der Waals surface area (Å²) >= 11 is 0. The van der Waals surface area contributed by atoms with Crippen LogP contribution in [-0.2, 0) is 11.3 Å². The second kappa shape index (κ2) is 6.99. The smallest absolute Gasteiger partial charge is 0.265 e. The van der Waals surface area contributed by atoms with Crippen molar-refractivity contribution in [2.24, 2.45) is 0 Å². The lowest BCUT2D eigenvalue weighted by Gasteiger charge is -2.27. The molecule has 27 heavy (non-hydrogen) atoms. The van der Waals surface area contributed by atoms with Crippen LogP contribution < -0.4 is 19.1 Å². The van der Waals surface area contributed by atoms with E-state index in [1.54, 1.807) is 31.3 Å². The van der Waals surface area contributed by atoms with Gasteiger partial charge in [0.2, 0.25) is 11.7 Å². The van der Waals surface area contributed by atoms with Crippen molar-refractivity contribution in [2.75, 3.05) is 25.7 Å². The molecule has 0 unspecified atom stereocenters. The Morgan fingerprint density at radius 2 is 1.93 bits per heavy atom. The zero-order valence-electron chi connectivity index (χ0n) is 14.8. The first-order valence-electron chi connectivity index (χ1n) is 8.27. The van der Waals surface area contributed by atoms with Crippen molar-refractivity contribution in [2.45, 2.75) is 6.54 Å². The summed E-state index contributed by atoms with van der Waals surface area (Å²) in [6.07, 6.45) is 0. The summed E-state index contributed by atoms with van der Waals surface area (Å²) in [5.74, 6) is 2.39. The lowest BCUT2D eigenvalue weighted by Crippen LogP contribution is -2.38. The molecule has 138 valence electrons. The summed E-state index contributed by atoms with van der Waals surface area (Å²) in [6.45, 7) is 0.146. The number of para-hydroxylation sites is 2. The van der Waals surface area contributed by atoms with E-state index in [1.165, 1.54) is 0 Å². The Morgan fingerprint density at radius 3 is 2.74 bits per heavy atom. The average Bonchev–Trinajstić information content (AvgIpc) is 3.18. The molecule has 2 aromatic carbocycles. The molecule has 0 spiro atoms. The standard InChI is InChI=1S/C19H17N3O5/c1-24-15-8-7-12(9-16(15)25-2)19-20-17(27-21-19)10-22-13-5-3-4-6-14(13)26-11-18(22)23/h3-9H,10-11H2,1-2H3. The van der Waals surface area contributed by atoms with E-state index in [9.17, 15) is 4.79 Å². The minimum Gasteiger partial charge on any atom is -0.493 e. The number of amides is 1. The van der Waals surface area contributed by atoms with Gasteiger partial charge in [0.05, 0.1) is 19.9 Å². The number of hydrogen-bond donors (Lipinski definition) is 0. The van der Waals surface area contributed by atoms with E-state index < -0.39 is 0 Å². The first-order chi connectivity index (χ1) is 13.2. The normalized spacial score (nSPS) is 13.1. The maximum atomic E-state index is 12.3. The number of anilines is 1. The van der Waals surface area contributed by atoms with Gasteiger partial charge in [-0.15, -0.1) is 0 Å². The van der Waals surface area contributed by atoms with Crippen LogP contribution in [0.1, 0.15) is 5.89 Å². The molecule has 0 fully saturated rings. The van der Waals surface area contributed by atoms with Crippen LogP contribution in [0.15, 0.2) is 47.0 Å². The molecule has 0 N–H and O–H groups in total. The monoisotopic (exact) mass is 367 g/mol. The van der Waals surface area contributed by atoms with Crippen molar-refractivity contribution in [3.8, 4) is 28.6 Å². The molecule has 1 amide bonds. The van der Waals surface area contributed by atoms with E-state index in [0.717, 1.165) is 5.56 Å². The largest absolute Gasteiger partial charge is 0.493 e. The highest BCUT2D eigenvalue weighted by atomic mass is 16.5. The summed E-state index contributed by atoms with van der Waals surface area (Å²) in [7, 11) is 3.13. The number of carbonyl (C=O) groups is 1. The lowest BCUT2D eigenvalue weighted by molar-refractivity contribution is -0.121. The summed E-state index contributed by atoms with van der Waals surface area (Å²) < 4.78 is 21.3. The van der Waals surface area contributed by atoms with Crippen molar-refractivity contribution >= 4 is 11.6 Å². The number of ether oxygens (including phenoxy) is 3. The quantitative estimate of drug-likeness (QED) is 0.685. The molecular weight excluding hydrogens is 350 g/mol. The minimum atomic E-state index is -0.167. The second-order valence-electron chi connectivity index (χ2n) is 5.82. The fourth-order valence-electron chi connectivity index (χ4n) is 2.87. The van der Waals surface area contributed by atoms with Gasteiger partial charge < -0.3 is 18.7 Å². The number of fused-ring (bicyclic) bond motifs is 1. The minimum absolute atomic E-state index is 0.0202. The molecule has 0 atom stereocenters. The van der Waals surface area contributed by atoms with Gasteiger partial charge in [0.1, 0.15) is 12.3 Å². The third kappa shape index (κ3) is 3.17. The van der Waals surface area contributed by atoms with Gasteiger partial charge in [0.25, 0.3) is 5.91 Å². The number of rotatable bonds is 5. The Morgan fingerprint density at radius 1 is 1.11 bits per heavy atom.